The van der Waals surface area contributed by atoms with Crippen molar-refractivity contribution in [1.82, 2.24) is 9.88 Å². The van der Waals surface area contributed by atoms with Crippen molar-refractivity contribution < 1.29 is 4.79 Å². The van der Waals surface area contributed by atoms with E-state index in [0.29, 0.717) is 10.9 Å². The van der Waals surface area contributed by atoms with Crippen molar-refractivity contribution in [1.29, 1.82) is 0 Å². The summed E-state index contributed by atoms with van der Waals surface area (Å²) >= 11 is 6.14. The zero-order valence-electron chi connectivity index (χ0n) is 12.4. The first-order valence-corrected chi connectivity index (χ1v) is 8.01. The number of likely N-dealkylation sites (tertiary alicyclic amines) is 1. The molecular formula is C19H15ClN2O. The van der Waals surface area contributed by atoms with Gasteiger partial charge in [-0.05, 0) is 48.1 Å². The van der Waals surface area contributed by atoms with Crippen LogP contribution in [0.25, 0.3) is 0 Å². The van der Waals surface area contributed by atoms with E-state index in [1.54, 1.807) is 6.20 Å². The third kappa shape index (κ3) is 2.40. The predicted octanol–water partition coefficient (Wildman–Crippen LogP) is 3.31. The number of piperidine rings is 1. The number of hydrogen-bond acceptors (Lipinski definition) is 2. The van der Waals surface area contributed by atoms with E-state index in [2.05, 4.69) is 16.8 Å². The van der Waals surface area contributed by atoms with Crippen LogP contribution < -0.4 is 0 Å². The average molecular weight is 323 g/mol. The summed E-state index contributed by atoms with van der Waals surface area (Å²) in [6.45, 7) is 0.761. The van der Waals surface area contributed by atoms with Crippen molar-refractivity contribution in [2.45, 2.75) is 12.5 Å². The predicted molar refractivity (Wildman–Crippen MR) is 88.6 cm³/mol. The van der Waals surface area contributed by atoms with Crippen LogP contribution in [0.2, 0.25) is 5.02 Å². The zero-order chi connectivity index (χ0) is 15.9. The number of rotatable bonds is 2. The first-order valence-electron chi connectivity index (χ1n) is 7.64. The Hall–Kier alpha value is -2.31. The van der Waals surface area contributed by atoms with Gasteiger partial charge in [-0.2, -0.15) is 0 Å². The van der Waals surface area contributed by atoms with Gasteiger partial charge in [0.1, 0.15) is 5.69 Å². The molecule has 2 heterocycles. The molecule has 1 saturated carbocycles. The van der Waals surface area contributed by atoms with Crippen LogP contribution in [0.15, 0.2) is 48.7 Å². The number of halogens is 1. The van der Waals surface area contributed by atoms with Crippen molar-refractivity contribution in [3.63, 3.8) is 0 Å². The molecule has 2 aromatic rings. The lowest BCUT2D eigenvalue weighted by Gasteiger charge is -2.27. The molecule has 0 bridgehead atoms. The standard InChI is InChI=1S/C19H15ClN2O/c20-16-5-3-4-14(10-16)18-19(11-15(19)12-22(18)13-23)8-7-17-6-1-2-9-21-17/h1-6,9-10,13,15,18H,11-12H2. The molecule has 3 unspecified atom stereocenters. The third-order valence-corrected chi connectivity index (χ3v) is 5.03. The Morgan fingerprint density at radius 2 is 2.22 bits per heavy atom. The minimum Gasteiger partial charge on any atom is -0.336 e. The van der Waals surface area contributed by atoms with Crippen LogP contribution >= 0.6 is 11.6 Å². The maximum absolute atomic E-state index is 11.5. The first-order chi connectivity index (χ1) is 11.2. The van der Waals surface area contributed by atoms with Crippen LogP contribution in [0.1, 0.15) is 23.7 Å². The second kappa shape index (κ2) is 5.40. The molecule has 0 radical (unpaired) electrons. The summed E-state index contributed by atoms with van der Waals surface area (Å²) in [7, 11) is 0. The van der Waals surface area contributed by atoms with Crippen molar-refractivity contribution in [2.75, 3.05) is 6.54 Å². The van der Waals surface area contributed by atoms with Gasteiger partial charge in [0.25, 0.3) is 0 Å². The SMILES string of the molecule is O=CN1CC2CC2(C#Cc2ccccn2)C1c1cccc(Cl)c1. The summed E-state index contributed by atoms with van der Waals surface area (Å²) in [5.74, 6) is 7.05. The van der Waals surface area contributed by atoms with Gasteiger partial charge in [0, 0.05) is 17.8 Å². The number of carbonyl (C=O) groups excluding carboxylic acids is 1. The van der Waals surface area contributed by atoms with Gasteiger partial charge in [-0.15, -0.1) is 0 Å². The molecule has 114 valence electrons. The van der Waals surface area contributed by atoms with Gasteiger partial charge in [0.2, 0.25) is 6.41 Å². The highest BCUT2D eigenvalue weighted by Gasteiger charge is 2.65. The molecule has 3 atom stereocenters. The van der Waals surface area contributed by atoms with Crippen molar-refractivity contribution >= 4 is 18.0 Å². The van der Waals surface area contributed by atoms with E-state index in [-0.39, 0.29) is 11.5 Å². The lowest BCUT2D eigenvalue weighted by molar-refractivity contribution is -0.119. The molecule has 4 heteroatoms. The summed E-state index contributed by atoms with van der Waals surface area (Å²) in [5, 5.41) is 0.685. The highest BCUT2D eigenvalue weighted by atomic mass is 35.5. The molecule has 1 aliphatic heterocycles. The Kier molecular flexibility index (Phi) is 3.36. The van der Waals surface area contributed by atoms with Crippen molar-refractivity contribution in [3.8, 4) is 11.8 Å². The van der Waals surface area contributed by atoms with Crippen LogP contribution in [0, 0.1) is 23.2 Å². The third-order valence-electron chi connectivity index (χ3n) is 4.79. The van der Waals surface area contributed by atoms with E-state index < -0.39 is 0 Å². The highest BCUT2D eigenvalue weighted by Crippen LogP contribution is 2.66. The average Bonchev–Trinajstić information content (AvgIpc) is 3.18. The molecule has 2 aliphatic rings. The Balaban J connectivity index is 1.73. The fraction of sp³-hybridized carbons (Fsp3) is 0.263. The number of fused-ring (bicyclic) bond motifs is 1. The van der Waals surface area contributed by atoms with E-state index >= 15 is 0 Å². The Morgan fingerprint density at radius 1 is 1.30 bits per heavy atom. The van der Waals surface area contributed by atoms with Crippen LogP contribution in [-0.2, 0) is 4.79 Å². The minimum atomic E-state index is -0.164. The van der Waals surface area contributed by atoms with E-state index in [4.69, 9.17) is 11.6 Å². The number of aromatic nitrogens is 1. The number of pyridine rings is 1. The van der Waals surface area contributed by atoms with E-state index in [9.17, 15) is 4.79 Å². The van der Waals surface area contributed by atoms with E-state index in [1.807, 2.05) is 47.4 Å². The van der Waals surface area contributed by atoms with Gasteiger partial charge in [-0.25, -0.2) is 4.98 Å². The largest absolute Gasteiger partial charge is 0.336 e. The first kappa shape index (κ1) is 14.3. The molecule has 23 heavy (non-hydrogen) atoms. The summed E-state index contributed by atoms with van der Waals surface area (Å²) in [6.07, 6.45) is 3.70. The quantitative estimate of drug-likeness (QED) is 0.628. The summed E-state index contributed by atoms with van der Waals surface area (Å²) in [4.78, 5) is 17.6. The molecule has 1 aromatic heterocycles. The smallest absolute Gasteiger partial charge is 0.210 e. The van der Waals surface area contributed by atoms with Crippen LogP contribution in [0.3, 0.4) is 0 Å². The molecule has 2 fully saturated rings. The maximum atomic E-state index is 11.5. The molecule has 1 saturated heterocycles. The summed E-state index contributed by atoms with van der Waals surface area (Å²) in [5.41, 5.74) is 1.66. The highest BCUT2D eigenvalue weighted by molar-refractivity contribution is 6.30. The van der Waals surface area contributed by atoms with Crippen molar-refractivity contribution in [3.05, 3.63) is 64.9 Å². The summed E-state index contributed by atoms with van der Waals surface area (Å²) in [6, 6.07) is 13.4. The van der Waals surface area contributed by atoms with Gasteiger partial charge in [-0.1, -0.05) is 35.7 Å². The Morgan fingerprint density at radius 3 is 2.96 bits per heavy atom. The van der Waals surface area contributed by atoms with Crippen LogP contribution in [0.4, 0.5) is 0 Å². The van der Waals surface area contributed by atoms with E-state index in [0.717, 1.165) is 30.6 Å². The Bertz CT molecular complexity index is 811. The maximum Gasteiger partial charge on any atom is 0.210 e. The molecule has 4 rings (SSSR count). The van der Waals surface area contributed by atoms with Gasteiger partial charge >= 0.3 is 0 Å². The zero-order valence-corrected chi connectivity index (χ0v) is 13.2. The van der Waals surface area contributed by atoms with E-state index in [1.165, 1.54) is 0 Å². The second-order valence-electron chi connectivity index (χ2n) is 6.17. The number of carbonyl (C=O) groups is 1. The van der Waals surface area contributed by atoms with Gasteiger partial charge in [0.05, 0.1) is 11.5 Å². The molecular weight excluding hydrogens is 308 g/mol. The fourth-order valence-corrected chi connectivity index (χ4v) is 3.87. The number of nitrogens with zero attached hydrogens (tertiary/aromatic N) is 2. The lowest BCUT2D eigenvalue weighted by Crippen LogP contribution is -2.28. The number of hydrogen-bond donors (Lipinski definition) is 0. The monoisotopic (exact) mass is 322 g/mol. The summed E-state index contributed by atoms with van der Waals surface area (Å²) < 4.78 is 0. The Labute approximate surface area is 140 Å². The molecule has 3 nitrogen and oxygen atoms in total. The molecule has 0 N–H and O–H groups in total. The van der Waals surface area contributed by atoms with Gasteiger partial charge in [-0.3, -0.25) is 4.79 Å². The lowest BCUT2D eigenvalue weighted by atomic mass is 9.90. The van der Waals surface area contributed by atoms with Gasteiger partial charge < -0.3 is 4.90 Å². The number of amides is 1. The molecule has 1 amide bonds. The topological polar surface area (TPSA) is 33.2 Å². The minimum absolute atomic E-state index is 0.0279. The van der Waals surface area contributed by atoms with Gasteiger partial charge in [0.15, 0.2) is 0 Å². The fourth-order valence-electron chi connectivity index (χ4n) is 3.67. The number of benzene rings is 1. The molecule has 1 aromatic carbocycles. The second-order valence-corrected chi connectivity index (χ2v) is 6.60. The molecule has 0 spiro atoms. The van der Waals surface area contributed by atoms with Crippen LogP contribution in [0.5, 0.6) is 0 Å². The van der Waals surface area contributed by atoms with Crippen molar-refractivity contribution in [2.24, 2.45) is 11.3 Å². The van der Waals surface area contributed by atoms with Crippen LogP contribution in [-0.4, -0.2) is 22.8 Å². The normalized spacial score (nSPS) is 27.8. The molecule has 1 aliphatic carbocycles.